The molecule has 0 saturated carbocycles. The van der Waals surface area contributed by atoms with Crippen LogP contribution in [0.15, 0.2) is 92.9 Å². The number of hydrogen-bond donors (Lipinski definition) is 0. The highest BCUT2D eigenvalue weighted by Gasteiger charge is 2.41. The Morgan fingerprint density at radius 3 is 2.35 bits per heavy atom. The standard InChI is InChI=1S/C32H26Br2N2O4/c1-18-4-8-20(9-5-18)26-17-27-24-16-23(33)12-13-28(24)39-31(36(27)35-26)22-14-25(34)30(29(15-22)38-3)40-32(37)21-10-6-19(2)7-11-21/h4-16,27,31H,17H2,1-3H3/t27-,31-/m1/s1. The average Bonchev–Trinajstić information content (AvgIpc) is 3.40. The second-order valence-corrected chi connectivity index (χ2v) is 11.7. The smallest absolute Gasteiger partial charge is 0.343 e. The van der Waals surface area contributed by atoms with Crippen LogP contribution in [0.4, 0.5) is 0 Å². The third-order valence-corrected chi connectivity index (χ3v) is 8.24. The minimum atomic E-state index is -0.520. The molecule has 2 aliphatic heterocycles. The number of esters is 1. The maximum atomic E-state index is 12.9. The Labute approximate surface area is 249 Å². The Hall–Kier alpha value is -3.62. The molecule has 4 aromatic carbocycles. The Bertz CT molecular complexity index is 1630. The maximum Gasteiger partial charge on any atom is 0.343 e. The van der Waals surface area contributed by atoms with E-state index in [0.29, 0.717) is 21.5 Å². The molecule has 2 aliphatic rings. The van der Waals surface area contributed by atoms with Gasteiger partial charge in [0.05, 0.1) is 28.9 Å². The predicted molar refractivity (Wildman–Crippen MR) is 161 cm³/mol. The molecule has 0 aromatic heterocycles. The first kappa shape index (κ1) is 26.6. The number of rotatable bonds is 5. The zero-order valence-corrected chi connectivity index (χ0v) is 25.3. The number of carbonyl (C=O) groups excluding carboxylic acids is 1. The van der Waals surface area contributed by atoms with E-state index in [1.165, 1.54) is 5.56 Å². The number of methoxy groups -OCH3 is 1. The van der Waals surface area contributed by atoms with E-state index in [1.807, 2.05) is 48.3 Å². The van der Waals surface area contributed by atoms with E-state index in [0.717, 1.165) is 44.6 Å². The largest absolute Gasteiger partial charge is 0.493 e. The average molecular weight is 662 g/mol. The summed E-state index contributed by atoms with van der Waals surface area (Å²) in [6.45, 7) is 4.05. The van der Waals surface area contributed by atoms with Crippen molar-refractivity contribution in [3.05, 3.63) is 121 Å². The maximum absolute atomic E-state index is 12.9. The van der Waals surface area contributed by atoms with Gasteiger partial charge in [0.15, 0.2) is 11.5 Å². The van der Waals surface area contributed by atoms with Crippen molar-refractivity contribution < 1.29 is 19.0 Å². The highest BCUT2D eigenvalue weighted by atomic mass is 79.9. The molecule has 0 N–H and O–H groups in total. The van der Waals surface area contributed by atoms with Crippen molar-refractivity contribution in [3.8, 4) is 17.2 Å². The predicted octanol–water partition coefficient (Wildman–Crippen LogP) is 8.30. The van der Waals surface area contributed by atoms with Gasteiger partial charge in [0, 0.05) is 22.0 Å². The second-order valence-electron chi connectivity index (χ2n) is 9.95. The van der Waals surface area contributed by atoms with Crippen molar-refractivity contribution in [2.75, 3.05) is 7.11 Å². The first-order chi connectivity index (χ1) is 19.3. The van der Waals surface area contributed by atoms with E-state index >= 15 is 0 Å². The van der Waals surface area contributed by atoms with Gasteiger partial charge in [-0.3, -0.25) is 0 Å². The summed E-state index contributed by atoms with van der Waals surface area (Å²) in [7, 11) is 1.55. The van der Waals surface area contributed by atoms with Crippen molar-refractivity contribution >= 4 is 43.5 Å². The Morgan fingerprint density at radius 1 is 0.950 bits per heavy atom. The fraction of sp³-hybridized carbons (Fsp3) is 0.188. The summed E-state index contributed by atoms with van der Waals surface area (Å²) in [4.78, 5) is 12.9. The molecule has 0 amide bonds. The summed E-state index contributed by atoms with van der Waals surface area (Å²) in [5.41, 5.74) is 6.70. The number of nitrogens with zero attached hydrogens (tertiary/aromatic N) is 2. The van der Waals surface area contributed by atoms with E-state index in [4.69, 9.17) is 19.3 Å². The van der Waals surface area contributed by atoms with Gasteiger partial charge in [-0.1, -0.05) is 63.5 Å². The molecule has 40 heavy (non-hydrogen) atoms. The van der Waals surface area contributed by atoms with Crippen molar-refractivity contribution in [3.63, 3.8) is 0 Å². The molecule has 0 fully saturated rings. The fourth-order valence-electron chi connectivity index (χ4n) is 5.02. The van der Waals surface area contributed by atoms with E-state index in [-0.39, 0.29) is 6.04 Å². The number of aryl methyl sites for hydroxylation is 2. The molecule has 0 radical (unpaired) electrons. The molecule has 2 atom stereocenters. The van der Waals surface area contributed by atoms with Crippen LogP contribution >= 0.6 is 31.9 Å². The normalized spacial score (nSPS) is 17.4. The summed E-state index contributed by atoms with van der Waals surface area (Å²) in [5.74, 6) is 1.05. The number of ether oxygens (including phenoxy) is 3. The summed E-state index contributed by atoms with van der Waals surface area (Å²) in [5, 5.41) is 7.08. The summed E-state index contributed by atoms with van der Waals surface area (Å²) in [6.07, 6.45) is 0.227. The van der Waals surface area contributed by atoms with Gasteiger partial charge < -0.3 is 14.2 Å². The monoisotopic (exact) mass is 660 g/mol. The lowest BCUT2D eigenvalue weighted by Gasteiger charge is -2.38. The minimum absolute atomic E-state index is 0.00800. The van der Waals surface area contributed by atoms with Crippen LogP contribution < -0.4 is 14.2 Å². The van der Waals surface area contributed by atoms with E-state index < -0.39 is 12.2 Å². The lowest BCUT2D eigenvalue weighted by molar-refractivity contribution is -0.0192. The van der Waals surface area contributed by atoms with Crippen LogP contribution in [0, 0.1) is 13.8 Å². The molecule has 2 heterocycles. The lowest BCUT2D eigenvalue weighted by Crippen LogP contribution is -2.33. The number of hydrogen-bond acceptors (Lipinski definition) is 6. The van der Waals surface area contributed by atoms with Gasteiger partial charge in [-0.05, 0) is 77.8 Å². The molecule has 8 heteroatoms. The van der Waals surface area contributed by atoms with E-state index in [1.54, 1.807) is 19.2 Å². The SMILES string of the molecule is COc1cc([C@H]2Oc3ccc(Br)cc3[C@H]3CC(c4ccc(C)cc4)=NN32)cc(Br)c1OC(=O)c1ccc(C)cc1. The van der Waals surface area contributed by atoms with Crippen molar-refractivity contribution in [2.24, 2.45) is 5.10 Å². The van der Waals surface area contributed by atoms with Crippen LogP contribution in [0.5, 0.6) is 17.2 Å². The van der Waals surface area contributed by atoms with Gasteiger partial charge in [-0.2, -0.15) is 5.10 Å². The van der Waals surface area contributed by atoms with E-state index in [9.17, 15) is 4.79 Å². The summed E-state index contributed by atoms with van der Waals surface area (Å²) in [6, 6.07) is 25.5. The third-order valence-electron chi connectivity index (χ3n) is 7.16. The Morgan fingerprint density at radius 2 is 1.65 bits per heavy atom. The molecular weight excluding hydrogens is 636 g/mol. The van der Waals surface area contributed by atoms with Crippen molar-refractivity contribution in [1.82, 2.24) is 5.01 Å². The molecular formula is C32H26Br2N2O4. The highest BCUT2D eigenvalue weighted by Crippen LogP contribution is 2.50. The number of benzene rings is 4. The van der Waals surface area contributed by atoms with Gasteiger partial charge in [0.1, 0.15) is 5.75 Å². The lowest BCUT2D eigenvalue weighted by atomic mass is 9.95. The summed E-state index contributed by atoms with van der Waals surface area (Å²) >= 11 is 7.23. The Balaban J connectivity index is 1.38. The van der Waals surface area contributed by atoms with Crippen molar-refractivity contribution in [1.29, 1.82) is 0 Å². The van der Waals surface area contributed by atoms with Crippen LogP contribution in [0.3, 0.4) is 0 Å². The van der Waals surface area contributed by atoms with E-state index in [2.05, 4.69) is 69.1 Å². The molecule has 0 saturated heterocycles. The minimum Gasteiger partial charge on any atom is -0.493 e. The van der Waals surface area contributed by atoms with Gasteiger partial charge >= 0.3 is 5.97 Å². The molecule has 4 aromatic rings. The summed E-state index contributed by atoms with van der Waals surface area (Å²) < 4.78 is 19.6. The second kappa shape index (κ2) is 10.7. The molecule has 6 rings (SSSR count). The van der Waals surface area contributed by atoms with Crippen molar-refractivity contribution in [2.45, 2.75) is 32.5 Å². The fourth-order valence-corrected chi connectivity index (χ4v) is 5.94. The number of fused-ring (bicyclic) bond motifs is 3. The third kappa shape index (κ3) is 5.02. The number of halogens is 2. The topological polar surface area (TPSA) is 60.4 Å². The first-order valence-electron chi connectivity index (χ1n) is 12.9. The van der Waals surface area contributed by atoms with Crippen LogP contribution in [-0.4, -0.2) is 23.8 Å². The van der Waals surface area contributed by atoms with Gasteiger partial charge in [0.25, 0.3) is 0 Å². The van der Waals surface area contributed by atoms with Crippen LogP contribution in [-0.2, 0) is 0 Å². The van der Waals surface area contributed by atoms with Gasteiger partial charge in [0.2, 0.25) is 6.23 Å². The van der Waals surface area contributed by atoms with Gasteiger partial charge in [-0.25, -0.2) is 9.80 Å². The highest BCUT2D eigenvalue weighted by molar-refractivity contribution is 9.10. The van der Waals surface area contributed by atoms with Crippen LogP contribution in [0.25, 0.3) is 0 Å². The quantitative estimate of drug-likeness (QED) is 0.159. The number of hydrazone groups is 1. The molecule has 0 bridgehead atoms. The number of carbonyl (C=O) groups is 1. The zero-order valence-electron chi connectivity index (χ0n) is 22.2. The molecule has 202 valence electrons. The molecule has 0 spiro atoms. The van der Waals surface area contributed by atoms with Crippen LogP contribution in [0.1, 0.15) is 56.9 Å². The zero-order chi connectivity index (χ0) is 28.0. The van der Waals surface area contributed by atoms with Gasteiger partial charge in [-0.15, -0.1) is 0 Å². The molecule has 0 unspecified atom stereocenters. The molecule has 6 nitrogen and oxygen atoms in total. The van der Waals surface area contributed by atoms with Crippen LogP contribution in [0.2, 0.25) is 0 Å². The Kier molecular flexibility index (Phi) is 7.15. The molecule has 0 aliphatic carbocycles. The first-order valence-corrected chi connectivity index (χ1v) is 14.4.